The molecule has 3 N–H and O–H groups in total. The predicted molar refractivity (Wildman–Crippen MR) is 94.8 cm³/mol. The Morgan fingerprint density at radius 2 is 1.72 bits per heavy atom. The second-order valence-corrected chi connectivity index (χ2v) is 5.58. The highest BCUT2D eigenvalue weighted by Crippen LogP contribution is 2.20. The normalized spacial score (nSPS) is 10.2. The van der Waals surface area contributed by atoms with Crippen molar-refractivity contribution >= 4 is 12.0 Å². The lowest BCUT2D eigenvalue weighted by atomic mass is 10.1. The molecule has 0 heterocycles. The van der Waals surface area contributed by atoms with Crippen LogP contribution in [-0.2, 0) is 13.1 Å². The summed E-state index contributed by atoms with van der Waals surface area (Å²) in [4.78, 5) is 22.7. The lowest BCUT2D eigenvalue weighted by Crippen LogP contribution is -2.34. The Hall–Kier alpha value is -3.02. The number of aromatic carboxylic acids is 1. The summed E-state index contributed by atoms with van der Waals surface area (Å²) in [7, 11) is 0. The lowest BCUT2D eigenvalue weighted by Gasteiger charge is -2.12. The summed E-state index contributed by atoms with van der Waals surface area (Å²) in [6, 6.07) is 11.9. The van der Waals surface area contributed by atoms with Gasteiger partial charge in [0, 0.05) is 18.7 Å². The van der Waals surface area contributed by atoms with E-state index in [9.17, 15) is 9.59 Å². The molecule has 0 radical (unpaired) electrons. The first-order chi connectivity index (χ1) is 12.0. The second kappa shape index (κ2) is 8.73. The van der Waals surface area contributed by atoms with Gasteiger partial charge in [0.2, 0.25) is 0 Å². The standard InChI is InChI=1S/C19H22N2O4/c1-3-25-17-10-13(2)4-7-16(17)12-21-19(24)20-11-14-5-8-15(9-6-14)18(22)23/h4-10H,3,11-12H2,1-2H3,(H,22,23)(H2,20,21,24). The van der Waals surface area contributed by atoms with Crippen LogP contribution in [0.4, 0.5) is 4.79 Å². The monoisotopic (exact) mass is 342 g/mol. The quantitative estimate of drug-likeness (QED) is 0.721. The number of urea groups is 1. The third-order valence-electron chi connectivity index (χ3n) is 3.62. The Morgan fingerprint density at radius 1 is 1.04 bits per heavy atom. The number of hydrogen-bond donors (Lipinski definition) is 3. The van der Waals surface area contributed by atoms with Crippen molar-refractivity contribution in [2.75, 3.05) is 6.61 Å². The molecule has 0 saturated carbocycles. The zero-order valence-electron chi connectivity index (χ0n) is 14.3. The highest BCUT2D eigenvalue weighted by molar-refractivity contribution is 5.87. The molecule has 0 bridgehead atoms. The SMILES string of the molecule is CCOc1cc(C)ccc1CNC(=O)NCc1ccc(C(=O)O)cc1. The summed E-state index contributed by atoms with van der Waals surface area (Å²) in [6.45, 7) is 5.15. The van der Waals surface area contributed by atoms with Crippen LogP contribution < -0.4 is 15.4 Å². The molecule has 0 aliphatic carbocycles. The number of ether oxygens (including phenoxy) is 1. The average molecular weight is 342 g/mol. The molecule has 0 aliphatic heterocycles. The van der Waals surface area contributed by atoms with Gasteiger partial charge in [0.05, 0.1) is 12.2 Å². The van der Waals surface area contributed by atoms with Crippen molar-refractivity contribution in [3.63, 3.8) is 0 Å². The van der Waals surface area contributed by atoms with E-state index in [-0.39, 0.29) is 11.6 Å². The second-order valence-electron chi connectivity index (χ2n) is 5.58. The number of carbonyl (C=O) groups excluding carboxylic acids is 1. The van der Waals surface area contributed by atoms with Gasteiger partial charge in [-0.1, -0.05) is 24.3 Å². The molecule has 0 fully saturated rings. The zero-order valence-corrected chi connectivity index (χ0v) is 14.3. The van der Waals surface area contributed by atoms with E-state index in [0.29, 0.717) is 19.7 Å². The number of carbonyl (C=O) groups is 2. The molecular weight excluding hydrogens is 320 g/mol. The maximum Gasteiger partial charge on any atom is 0.335 e. The number of aryl methyl sites for hydroxylation is 1. The fraction of sp³-hybridized carbons (Fsp3) is 0.263. The van der Waals surface area contributed by atoms with Crippen LogP contribution in [0.5, 0.6) is 5.75 Å². The first kappa shape index (κ1) is 18.3. The van der Waals surface area contributed by atoms with E-state index in [2.05, 4.69) is 10.6 Å². The van der Waals surface area contributed by atoms with Crippen LogP contribution in [0, 0.1) is 6.92 Å². The first-order valence-corrected chi connectivity index (χ1v) is 8.06. The van der Waals surface area contributed by atoms with Crippen LogP contribution in [0.3, 0.4) is 0 Å². The van der Waals surface area contributed by atoms with E-state index in [1.165, 1.54) is 12.1 Å². The highest BCUT2D eigenvalue weighted by Gasteiger charge is 2.07. The Morgan fingerprint density at radius 3 is 2.36 bits per heavy atom. The largest absolute Gasteiger partial charge is 0.494 e. The number of nitrogens with one attached hydrogen (secondary N) is 2. The van der Waals surface area contributed by atoms with E-state index in [1.807, 2.05) is 32.0 Å². The van der Waals surface area contributed by atoms with E-state index in [4.69, 9.17) is 9.84 Å². The average Bonchev–Trinajstić information content (AvgIpc) is 2.60. The van der Waals surface area contributed by atoms with Crippen LogP contribution >= 0.6 is 0 Å². The smallest absolute Gasteiger partial charge is 0.335 e. The summed E-state index contributed by atoms with van der Waals surface area (Å²) >= 11 is 0. The summed E-state index contributed by atoms with van der Waals surface area (Å²) in [5.74, 6) is -0.201. The number of carboxylic acid groups (broad SMARTS) is 1. The number of carboxylic acids is 1. The van der Waals surface area contributed by atoms with Crippen molar-refractivity contribution in [2.45, 2.75) is 26.9 Å². The van der Waals surface area contributed by atoms with E-state index < -0.39 is 5.97 Å². The van der Waals surface area contributed by atoms with Crippen molar-refractivity contribution in [3.8, 4) is 5.75 Å². The van der Waals surface area contributed by atoms with Crippen molar-refractivity contribution in [3.05, 3.63) is 64.7 Å². The molecule has 2 amide bonds. The Bertz CT molecular complexity index is 742. The molecule has 0 aromatic heterocycles. The molecule has 25 heavy (non-hydrogen) atoms. The van der Waals surface area contributed by atoms with E-state index >= 15 is 0 Å². The molecule has 2 aromatic rings. The highest BCUT2D eigenvalue weighted by atomic mass is 16.5. The molecule has 0 unspecified atom stereocenters. The fourth-order valence-corrected chi connectivity index (χ4v) is 2.28. The van der Waals surface area contributed by atoms with Crippen molar-refractivity contribution in [1.29, 1.82) is 0 Å². The van der Waals surface area contributed by atoms with Gasteiger partial charge in [-0.2, -0.15) is 0 Å². The van der Waals surface area contributed by atoms with Crippen LogP contribution in [0.15, 0.2) is 42.5 Å². The van der Waals surface area contributed by atoms with Crippen molar-refractivity contribution < 1.29 is 19.4 Å². The van der Waals surface area contributed by atoms with Gasteiger partial charge in [0.15, 0.2) is 0 Å². The maximum absolute atomic E-state index is 11.9. The molecule has 6 nitrogen and oxygen atoms in total. The van der Waals surface area contributed by atoms with Gasteiger partial charge in [-0.25, -0.2) is 9.59 Å². The molecule has 2 rings (SSSR count). The molecular formula is C19H22N2O4. The van der Waals surface area contributed by atoms with Gasteiger partial charge in [-0.3, -0.25) is 0 Å². The number of hydrogen-bond acceptors (Lipinski definition) is 3. The Labute approximate surface area is 146 Å². The van der Waals surface area contributed by atoms with Gasteiger partial charge in [-0.05, 0) is 43.2 Å². The summed E-state index contributed by atoms with van der Waals surface area (Å²) in [6.07, 6.45) is 0. The summed E-state index contributed by atoms with van der Waals surface area (Å²) in [5.41, 5.74) is 3.05. The van der Waals surface area contributed by atoms with Gasteiger partial charge >= 0.3 is 12.0 Å². The van der Waals surface area contributed by atoms with Gasteiger partial charge in [0.1, 0.15) is 5.75 Å². The van der Waals surface area contributed by atoms with E-state index in [1.54, 1.807) is 12.1 Å². The Balaban J connectivity index is 1.85. The predicted octanol–water partition coefficient (Wildman–Crippen LogP) is 3.09. The molecule has 2 aromatic carbocycles. The summed E-state index contributed by atoms with van der Waals surface area (Å²) < 4.78 is 5.59. The van der Waals surface area contributed by atoms with Crippen LogP contribution in [0.2, 0.25) is 0 Å². The van der Waals surface area contributed by atoms with Crippen LogP contribution in [0.25, 0.3) is 0 Å². The van der Waals surface area contributed by atoms with Crippen molar-refractivity contribution in [1.82, 2.24) is 10.6 Å². The minimum atomic E-state index is -0.972. The molecule has 0 saturated heterocycles. The van der Waals surface area contributed by atoms with Crippen molar-refractivity contribution in [2.24, 2.45) is 0 Å². The lowest BCUT2D eigenvalue weighted by molar-refractivity contribution is 0.0697. The molecule has 0 aliphatic rings. The minimum absolute atomic E-state index is 0.219. The van der Waals surface area contributed by atoms with E-state index in [0.717, 1.165) is 22.4 Å². The number of rotatable bonds is 7. The number of amides is 2. The fourth-order valence-electron chi connectivity index (χ4n) is 2.28. The number of benzene rings is 2. The topological polar surface area (TPSA) is 87.7 Å². The molecule has 6 heteroatoms. The van der Waals surface area contributed by atoms with Gasteiger partial charge in [-0.15, -0.1) is 0 Å². The third-order valence-corrected chi connectivity index (χ3v) is 3.62. The third kappa shape index (κ3) is 5.53. The molecule has 0 spiro atoms. The minimum Gasteiger partial charge on any atom is -0.494 e. The molecule has 132 valence electrons. The zero-order chi connectivity index (χ0) is 18.2. The first-order valence-electron chi connectivity index (χ1n) is 8.06. The van der Waals surface area contributed by atoms with Crippen LogP contribution in [-0.4, -0.2) is 23.7 Å². The molecule has 0 atom stereocenters. The van der Waals surface area contributed by atoms with Crippen LogP contribution in [0.1, 0.15) is 34.0 Å². The Kier molecular flexibility index (Phi) is 6.39. The van der Waals surface area contributed by atoms with Gasteiger partial charge < -0.3 is 20.5 Å². The maximum atomic E-state index is 11.9. The summed E-state index contributed by atoms with van der Waals surface area (Å²) in [5, 5.41) is 14.4. The van der Waals surface area contributed by atoms with Gasteiger partial charge in [0.25, 0.3) is 0 Å².